The maximum Gasteiger partial charge on any atom is 0.355 e. The van der Waals surface area contributed by atoms with Crippen LogP contribution < -0.4 is 9.47 Å². The predicted octanol–water partition coefficient (Wildman–Crippen LogP) is 3.05. The molecule has 1 aromatic heterocycles. The number of rotatable bonds is 6. The molecule has 0 spiro atoms. The molecule has 1 aromatic carbocycles. The Morgan fingerprint density at radius 3 is 2.47 bits per heavy atom. The predicted molar refractivity (Wildman–Crippen MR) is 113 cm³/mol. The molecular formula is C23H30N2O5. The molecule has 162 valence electrons. The summed E-state index contributed by atoms with van der Waals surface area (Å²) in [6.45, 7) is 8.99. The molecule has 2 aromatic rings. The van der Waals surface area contributed by atoms with Crippen LogP contribution in [0.2, 0.25) is 0 Å². The molecule has 0 aliphatic carbocycles. The Hall–Kier alpha value is -2.51. The summed E-state index contributed by atoms with van der Waals surface area (Å²) in [5.74, 6) is 1.17. The van der Waals surface area contributed by atoms with Crippen molar-refractivity contribution in [2.45, 2.75) is 33.4 Å². The van der Waals surface area contributed by atoms with Crippen LogP contribution in [0.5, 0.6) is 11.5 Å². The van der Waals surface area contributed by atoms with Crippen LogP contribution in [-0.2, 0) is 29.0 Å². The molecule has 0 amide bonds. The lowest BCUT2D eigenvalue weighted by Crippen LogP contribution is -2.35. The fraction of sp³-hybridized carbons (Fsp3) is 0.522. The summed E-state index contributed by atoms with van der Waals surface area (Å²) in [4.78, 5) is 15.2. The largest absolute Gasteiger partial charge is 0.493 e. The number of methoxy groups -OCH3 is 2. The molecule has 2 aliphatic heterocycles. The molecule has 4 rings (SSSR count). The number of hydrogen-bond donors (Lipinski definition) is 0. The number of aromatic nitrogens is 1. The van der Waals surface area contributed by atoms with Gasteiger partial charge in [-0.2, -0.15) is 0 Å². The number of hydrogen-bond acceptors (Lipinski definition) is 6. The Labute approximate surface area is 177 Å². The van der Waals surface area contributed by atoms with Crippen LogP contribution in [0.1, 0.15) is 34.1 Å². The number of ether oxygens (including phenoxy) is 4. The lowest BCUT2D eigenvalue weighted by atomic mass is 9.94. The number of nitrogens with zero attached hydrogens (tertiary/aromatic N) is 2. The zero-order valence-corrected chi connectivity index (χ0v) is 18.2. The third kappa shape index (κ3) is 3.56. The van der Waals surface area contributed by atoms with Gasteiger partial charge in [0.1, 0.15) is 5.69 Å². The number of morpholine rings is 1. The molecule has 7 heteroatoms. The van der Waals surface area contributed by atoms with Gasteiger partial charge in [0.25, 0.3) is 0 Å². The average Bonchev–Trinajstić information content (AvgIpc) is 3.05. The van der Waals surface area contributed by atoms with Gasteiger partial charge in [-0.3, -0.25) is 4.90 Å². The fourth-order valence-corrected chi connectivity index (χ4v) is 4.55. The van der Waals surface area contributed by atoms with Crippen LogP contribution in [0, 0.1) is 6.92 Å². The summed E-state index contributed by atoms with van der Waals surface area (Å²) in [5.41, 5.74) is 6.22. The van der Waals surface area contributed by atoms with E-state index in [2.05, 4.69) is 15.5 Å². The molecule has 7 nitrogen and oxygen atoms in total. The summed E-state index contributed by atoms with van der Waals surface area (Å²) in [6.07, 6.45) is 0.820. The minimum atomic E-state index is -0.256. The first-order valence-electron chi connectivity index (χ1n) is 10.5. The fourth-order valence-electron chi connectivity index (χ4n) is 4.55. The van der Waals surface area contributed by atoms with E-state index >= 15 is 0 Å². The van der Waals surface area contributed by atoms with Crippen molar-refractivity contribution in [3.05, 3.63) is 34.5 Å². The van der Waals surface area contributed by atoms with Crippen LogP contribution in [0.25, 0.3) is 11.3 Å². The normalized spacial score (nSPS) is 16.0. The van der Waals surface area contributed by atoms with Gasteiger partial charge in [0.15, 0.2) is 11.5 Å². The van der Waals surface area contributed by atoms with Crippen LogP contribution in [0.3, 0.4) is 0 Å². The van der Waals surface area contributed by atoms with Gasteiger partial charge in [-0.15, -0.1) is 0 Å². The SMILES string of the molecule is CCOC(=O)c1c(C)c(CN2CCOCC2)c2n1CCc1cc(OC)c(OC)cc1-2. The highest BCUT2D eigenvalue weighted by Crippen LogP contribution is 2.43. The zero-order valence-electron chi connectivity index (χ0n) is 18.2. The third-order valence-electron chi connectivity index (χ3n) is 6.06. The second-order valence-corrected chi connectivity index (χ2v) is 7.68. The van der Waals surface area contributed by atoms with E-state index in [0.717, 1.165) is 68.4 Å². The Bertz CT molecular complexity index is 944. The molecule has 30 heavy (non-hydrogen) atoms. The lowest BCUT2D eigenvalue weighted by molar-refractivity contribution is 0.0341. The molecule has 0 N–H and O–H groups in total. The van der Waals surface area contributed by atoms with E-state index in [0.29, 0.717) is 18.1 Å². The van der Waals surface area contributed by atoms with Gasteiger partial charge in [-0.1, -0.05) is 0 Å². The number of aryl methyl sites for hydroxylation is 1. The second kappa shape index (κ2) is 8.70. The van der Waals surface area contributed by atoms with Gasteiger partial charge >= 0.3 is 5.97 Å². The van der Waals surface area contributed by atoms with Crippen molar-refractivity contribution >= 4 is 5.97 Å². The summed E-state index contributed by atoms with van der Waals surface area (Å²) < 4.78 is 24.2. The average molecular weight is 415 g/mol. The second-order valence-electron chi connectivity index (χ2n) is 7.68. The number of carbonyl (C=O) groups is 1. The Balaban J connectivity index is 1.88. The van der Waals surface area contributed by atoms with Crippen molar-refractivity contribution in [2.75, 3.05) is 47.1 Å². The minimum Gasteiger partial charge on any atom is -0.493 e. The van der Waals surface area contributed by atoms with Crippen LogP contribution in [0.15, 0.2) is 12.1 Å². The molecule has 2 aliphatic rings. The van der Waals surface area contributed by atoms with Gasteiger partial charge in [0.05, 0.1) is 39.7 Å². The highest BCUT2D eigenvalue weighted by Gasteiger charge is 2.31. The zero-order chi connectivity index (χ0) is 21.3. The van der Waals surface area contributed by atoms with Crippen LogP contribution in [-0.4, -0.2) is 62.6 Å². The van der Waals surface area contributed by atoms with Gasteiger partial charge in [0, 0.05) is 31.7 Å². The Morgan fingerprint density at radius 2 is 1.80 bits per heavy atom. The topological polar surface area (TPSA) is 62.2 Å². The molecule has 0 atom stereocenters. The number of carbonyl (C=O) groups excluding carboxylic acids is 1. The first kappa shape index (κ1) is 20.8. The van der Waals surface area contributed by atoms with Crippen molar-refractivity contribution in [1.82, 2.24) is 9.47 Å². The third-order valence-corrected chi connectivity index (χ3v) is 6.06. The molecule has 0 saturated carbocycles. The maximum atomic E-state index is 12.9. The maximum absolute atomic E-state index is 12.9. The molecule has 0 bridgehead atoms. The number of esters is 1. The number of benzene rings is 1. The van der Waals surface area contributed by atoms with Crippen LogP contribution in [0.4, 0.5) is 0 Å². The highest BCUT2D eigenvalue weighted by atomic mass is 16.5. The summed E-state index contributed by atoms with van der Waals surface area (Å²) in [5, 5.41) is 0. The van der Waals surface area contributed by atoms with Crippen LogP contribution >= 0.6 is 0 Å². The molecular weight excluding hydrogens is 384 g/mol. The summed E-state index contributed by atoms with van der Waals surface area (Å²) >= 11 is 0. The summed E-state index contributed by atoms with van der Waals surface area (Å²) in [6, 6.07) is 4.10. The monoisotopic (exact) mass is 414 g/mol. The van der Waals surface area contributed by atoms with E-state index in [1.54, 1.807) is 14.2 Å². The van der Waals surface area contributed by atoms with Gasteiger partial charge in [0.2, 0.25) is 0 Å². The Morgan fingerprint density at radius 1 is 1.10 bits per heavy atom. The van der Waals surface area contributed by atoms with E-state index in [9.17, 15) is 4.79 Å². The van der Waals surface area contributed by atoms with Crippen molar-refractivity contribution < 1.29 is 23.7 Å². The van der Waals surface area contributed by atoms with Crippen molar-refractivity contribution in [3.8, 4) is 22.8 Å². The smallest absolute Gasteiger partial charge is 0.355 e. The summed E-state index contributed by atoms with van der Waals surface area (Å²) in [7, 11) is 3.30. The van der Waals surface area contributed by atoms with E-state index < -0.39 is 0 Å². The van der Waals surface area contributed by atoms with E-state index in [4.69, 9.17) is 18.9 Å². The Kier molecular flexibility index (Phi) is 6.01. The minimum absolute atomic E-state index is 0.256. The lowest BCUT2D eigenvalue weighted by Gasteiger charge is -2.28. The van der Waals surface area contributed by atoms with Crippen molar-refractivity contribution in [3.63, 3.8) is 0 Å². The first-order valence-corrected chi connectivity index (χ1v) is 10.5. The molecule has 3 heterocycles. The van der Waals surface area contributed by atoms with Crippen molar-refractivity contribution in [2.24, 2.45) is 0 Å². The quantitative estimate of drug-likeness (QED) is 0.677. The van der Waals surface area contributed by atoms with E-state index in [-0.39, 0.29) is 5.97 Å². The first-order chi connectivity index (χ1) is 14.6. The van der Waals surface area contributed by atoms with Gasteiger partial charge in [-0.25, -0.2) is 4.79 Å². The molecule has 0 unspecified atom stereocenters. The standard InChI is InChI=1S/C23H30N2O5/c1-5-30-23(26)21-15(2)18(14-24-8-10-29-11-9-24)22-17-13-20(28-4)19(27-3)12-16(17)6-7-25(21)22/h12-13H,5-11,14H2,1-4H3. The van der Waals surface area contributed by atoms with Gasteiger partial charge < -0.3 is 23.5 Å². The highest BCUT2D eigenvalue weighted by molar-refractivity contribution is 5.93. The molecule has 1 fully saturated rings. The molecule has 1 saturated heterocycles. The van der Waals surface area contributed by atoms with E-state index in [1.165, 1.54) is 11.1 Å². The van der Waals surface area contributed by atoms with Crippen molar-refractivity contribution in [1.29, 1.82) is 0 Å². The molecule has 0 radical (unpaired) electrons. The van der Waals surface area contributed by atoms with Gasteiger partial charge in [-0.05, 0) is 49.1 Å². The number of fused-ring (bicyclic) bond motifs is 3. The van der Waals surface area contributed by atoms with E-state index in [1.807, 2.05) is 19.9 Å².